The molecule has 132 valence electrons. The number of hydrogen-bond acceptors (Lipinski definition) is 4. The van der Waals surface area contributed by atoms with Crippen molar-refractivity contribution in [2.45, 2.75) is 19.0 Å². The van der Waals surface area contributed by atoms with Gasteiger partial charge in [0, 0.05) is 26.2 Å². The maximum atomic E-state index is 12.5. The molecule has 0 radical (unpaired) electrons. The minimum absolute atomic E-state index is 0.159. The van der Waals surface area contributed by atoms with Gasteiger partial charge in [-0.1, -0.05) is 12.1 Å². The number of hydrogen-bond donors (Lipinski definition) is 3. The second kappa shape index (κ2) is 9.82. The van der Waals surface area contributed by atoms with Crippen LogP contribution in [0.3, 0.4) is 0 Å². The molecule has 1 rings (SSSR count). The molecule has 1 atom stereocenters. The van der Waals surface area contributed by atoms with Crippen LogP contribution in [0.25, 0.3) is 0 Å². The number of amides is 4. The Hall–Kier alpha value is -2.22. The minimum Gasteiger partial charge on any atom is -0.355 e. The fourth-order valence-electron chi connectivity index (χ4n) is 2.19. The molecule has 0 aromatic heterocycles. The van der Waals surface area contributed by atoms with E-state index in [-0.39, 0.29) is 11.8 Å². The molecule has 0 unspecified atom stereocenters. The lowest BCUT2D eigenvalue weighted by molar-refractivity contribution is -0.132. The summed E-state index contributed by atoms with van der Waals surface area (Å²) in [5, 5.41) is 5.05. The predicted octanol–water partition coefficient (Wildman–Crippen LogP) is 0.795. The number of primary amides is 1. The summed E-state index contributed by atoms with van der Waals surface area (Å²) in [6.07, 6.45) is 2.45. The fourth-order valence-corrected chi connectivity index (χ4v) is 2.66. The highest BCUT2D eigenvalue weighted by molar-refractivity contribution is 7.98. The van der Waals surface area contributed by atoms with E-state index in [2.05, 4.69) is 10.6 Å². The van der Waals surface area contributed by atoms with Crippen molar-refractivity contribution in [1.29, 1.82) is 0 Å². The molecule has 0 aliphatic carbocycles. The average Bonchev–Trinajstić information content (AvgIpc) is 2.57. The normalized spacial score (nSPS) is 11.5. The topological polar surface area (TPSA) is 105 Å². The maximum absolute atomic E-state index is 12.5. The van der Waals surface area contributed by atoms with Crippen LogP contribution in [0.1, 0.15) is 22.3 Å². The minimum atomic E-state index is -0.710. The van der Waals surface area contributed by atoms with Crippen LogP contribution >= 0.6 is 11.8 Å². The van der Waals surface area contributed by atoms with E-state index in [9.17, 15) is 14.4 Å². The van der Waals surface area contributed by atoms with Gasteiger partial charge in [0.25, 0.3) is 5.91 Å². The molecule has 0 spiro atoms. The number of nitrogens with two attached hydrogens (primary N) is 1. The molecule has 1 aromatic carbocycles. The van der Waals surface area contributed by atoms with Crippen LogP contribution < -0.4 is 16.4 Å². The average molecular weight is 352 g/mol. The van der Waals surface area contributed by atoms with E-state index in [1.807, 2.05) is 6.26 Å². The molecule has 0 aliphatic rings. The zero-order valence-corrected chi connectivity index (χ0v) is 15.0. The number of thioether (sulfide) groups is 1. The van der Waals surface area contributed by atoms with E-state index >= 15 is 0 Å². The molecular weight excluding hydrogens is 328 g/mol. The van der Waals surface area contributed by atoms with Gasteiger partial charge in [0.15, 0.2) is 0 Å². The van der Waals surface area contributed by atoms with Crippen molar-refractivity contribution in [2.24, 2.45) is 5.73 Å². The summed E-state index contributed by atoms with van der Waals surface area (Å²) in [7, 11) is 3.24. The summed E-state index contributed by atoms with van der Waals surface area (Å²) in [4.78, 5) is 36.6. The quantitative estimate of drug-likeness (QED) is 0.643. The van der Waals surface area contributed by atoms with E-state index in [4.69, 9.17) is 5.73 Å². The van der Waals surface area contributed by atoms with Gasteiger partial charge in [-0.25, -0.2) is 4.79 Å². The number of carbonyl (C=O) groups excluding carboxylic acids is 3. The first-order chi connectivity index (χ1) is 11.4. The van der Waals surface area contributed by atoms with Gasteiger partial charge in [0.05, 0.1) is 0 Å². The summed E-state index contributed by atoms with van der Waals surface area (Å²) in [6.45, 7) is 0.378. The van der Waals surface area contributed by atoms with Crippen molar-refractivity contribution in [2.75, 3.05) is 26.1 Å². The third kappa shape index (κ3) is 6.11. The number of nitrogens with one attached hydrogen (secondary N) is 2. The highest BCUT2D eigenvalue weighted by Crippen LogP contribution is 2.10. The van der Waals surface area contributed by atoms with Gasteiger partial charge < -0.3 is 21.3 Å². The highest BCUT2D eigenvalue weighted by Gasteiger charge is 2.23. The summed E-state index contributed by atoms with van der Waals surface area (Å²) >= 11 is 1.60. The van der Waals surface area contributed by atoms with E-state index in [1.165, 1.54) is 4.90 Å². The zero-order valence-electron chi connectivity index (χ0n) is 14.2. The molecule has 7 nitrogen and oxygen atoms in total. The fraction of sp³-hybridized carbons (Fsp3) is 0.438. The molecule has 0 heterocycles. The van der Waals surface area contributed by atoms with Crippen molar-refractivity contribution in [3.05, 3.63) is 35.4 Å². The van der Waals surface area contributed by atoms with Crippen LogP contribution in [0.2, 0.25) is 0 Å². The Labute approximate surface area is 146 Å². The zero-order chi connectivity index (χ0) is 18.1. The van der Waals surface area contributed by atoms with Crippen LogP contribution in [0.4, 0.5) is 4.79 Å². The molecule has 0 saturated heterocycles. The lowest BCUT2D eigenvalue weighted by Gasteiger charge is -2.24. The van der Waals surface area contributed by atoms with E-state index in [0.29, 0.717) is 18.5 Å². The first-order valence-electron chi connectivity index (χ1n) is 7.50. The molecule has 4 N–H and O–H groups in total. The Morgan fingerprint density at radius 3 is 2.38 bits per heavy atom. The standard InChI is InChI=1S/C16H24N4O3S/c1-18-14(21)12-6-4-11(5-7-12)10-20(2)15(22)13(8-9-24-3)19-16(17)23/h4-7,13H,8-10H2,1-3H3,(H,18,21)(H3,17,19,23)/t13-/m0/s1. The molecule has 0 bridgehead atoms. The van der Waals surface area contributed by atoms with E-state index in [1.54, 1.807) is 50.1 Å². The first-order valence-corrected chi connectivity index (χ1v) is 8.89. The largest absolute Gasteiger partial charge is 0.355 e. The van der Waals surface area contributed by atoms with Crippen LogP contribution in [0.5, 0.6) is 0 Å². The van der Waals surface area contributed by atoms with Crippen LogP contribution in [-0.2, 0) is 11.3 Å². The molecular formula is C16H24N4O3S. The second-order valence-corrected chi connectivity index (χ2v) is 6.30. The number of carbonyl (C=O) groups is 3. The highest BCUT2D eigenvalue weighted by atomic mass is 32.2. The molecule has 0 fully saturated rings. The Morgan fingerprint density at radius 1 is 1.25 bits per heavy atom. The van der Waals surface area contributed by atoms with Crippen molar-refractivity contribution in [1.82, 2.24) is 15.5 Å². The molecule has 24 heavy (non-hydrogen) atoms. The lowest BCUT2D eigenvalue weighted by atomic mass is 10.1. The number of rotatable bonds is 8. The van der Waals surface area contributed by atoms with Gasteiger partial charge in [0.1, 0.15) is 6.04 Å². The van der Waals surface area contributed by atoms with Gasteiger partial charge in [-0.15, -0.1) is 0 Å². The van der Waals surface area contributed by atoms with Crippen molar-refractivity contribution in [3.63, 3.8) is 0 Å². The maximum Gasteiger partial charge on any atom is 0.312 e. The molecule has 4 amide bonds. The number of benzene rings is 1. The van der Waals surface area contributed by atoms with Gasteiger partial charge in [0.2, 0.25) is 5.91 Å². The molecule has 0 aliphatic heterocycles. The first kappa shape index (κ1) is 19.8. The summed E-state index contributed by atoms with van der Waals surface area (Å²) in [5.74, 6) is 0.387. The van der Waals surface area contributed by atoms with Gasteiger partial charge >= 0.3 is 6.03 Å². The van der Waals surface area contributed by atoms with Crippen molar-refractivity contribution < 1.29 is 14.4 Å². The number of urea groups is 1. The Morgan fingerprint density at radius 2 is 1.88 bits per heavy atom. The SMILES string of the molecule is CNC(=O)c1ccc(CN(C)C(=O)[C@H](CCSC)NC(N)=O)cc1. The van der Waals surface area contributed by atoms with Crippen molar-refractivity contribution in [3.8, 4) is 0 Å². The Bertz CT molecular complexity index is 577. The summed E-state index contributed by atoms with van der Waals surface area (Å²) in [5.41, 5.74) is 6.60. The Balaban J connectivity index is 2.72. The summed E-state index contributed by atoms with van der Waals surface area (Å²) in [6, 6.07) is 5.67. The predicted molar refractivity (Wildman–Crippen MR) is 95.8 cm³/mol. The molecule has 1 aromatic rings. The van der Waals surface area contributed by atoms with Crippen molar-refractivity contribution >= 4 is 29.6 Å². The summed E-state index contributed by atoms with van der Waals surface area (Å²) < 4.78 is 0. The number of nitrogens with zero attached hydrogens (tertiary/aromatic N) is 1. The van der Waals surface area contributed by atoms with Crippen LogP contribution in [0, 0.1) is 0 Å². The monoisotopic (exact) mass is 352 g/mol. The third-order valence-electron chi connectivity index (χ3n) is 3.46. The molecule has 8 heteroatoms. The smallest absolute Gasteiger partial charge is 0.312 e. The lowest BCUT2D eigenvalue weighted by Crippen LogP contribution is -2.49. The van der Waals surface area contributed by atoms with Gasteiger partial charge in [-0.2, -0.15) is 11.8 Å². The van der Waals surface area contributed by atoms with E-state index < -0.39 is 12.1 Å². The third-order valence-corrected chi connectivity index (χ3v) is 4.11. The van der Waals surface area contributed by atoms with Crippen LogP contribution in [-0.4, -0.2) is 54.9 Å². The number of likely N-dealkylation sites (N-methyl/N-ethyl adjacent to an activating group) is 1. The van der Waals surface area contributed by atoms with Gasteiger partial charge in [-0.05, 0) is 36.1 Å². The molecule has 0 saturated carbocycles. The Kier molecular flexibility index (Phi) is 8.11. The van der Waals surface area contributed by atoms with Crippen LogP contribution in [0.15, 0.2) is 24.3 Å². The second-order valence-electron chi connectivity index (χ2n) is 5.31. The van der Waals surface area contributed by atoms with E-state index in [0.717, 1.165) is 11.3 Å². The van der Waals surface area contributed by atoms with Gasteiger partial charge in [-0.3, -0.25) is 9.59 Å².